The highest BCUT2D eigenvalue weighted by molar-refractivity contribution is 5.94. The summed E-state index contributed by atoms with van der Waals surface area (Å²) >= 11 is 0. The lowest BCUT2D eigenvalue weighted by Crippen LogP contribution is -2.06. The van der Waals surface area contributed by atoms with E-state index < -0.39 is 5.97 Å². The molecule has 2 aromatic rings. The van der Waals surface area contributed by atoms with Gasteiger partial charge in [0.15, 0.2) is 5.69 Å². The molecule has 1 N–H and O–H groups in total. The zero-order valence-corrected chi connectivity index (χ0v) is 8.80. The van der Waals surface area contributed by atoms with Crippen LogP contribution in [0.1, 0.15) is 17.4 Å². The number of carbonyl (C=O) groups excluding carboxylic acids is 1. The molecule has 16 heavy (non-hydrogen) atoms. The second kappa shape index (κ2) is 4.57. The Hall–Kier alpha value is -2.17. The quantitative estimate of drug-likeness (QED) is 0.794. The molecule has 0 radical (unpaired) electrons. The van der Waals surface area contributed by atoms with Crippen LogP contribution in [0.2, 0.25) is 0 Å². The smallest absolute Gasteiger partial charge is 0.357 e. The van der Waals surface area contributed by atoms with Crippen molar-refractivity contribution in [2.45, 2.75) is 6.92 Å². The fourth-order valence-corrected chi connectivity index (χ4v) is 1.37. The van der Waals surface area contributed by atoms with Gasteiger partial charge in [0.05, 0.1) is 12.9 Å². The molecule has 2 heterocycles. The number of esters is 1. The molecule has 0 saturated heterocycles. The maximum Gasteiger partial charge on any atom is 0.357 e. The first-order valence-corrected chi connectivity index (χ1v) is 4.93. The standard InChI is InChI=1S/C11H11N3O2/c1-2-16-11(15)10-9(13-7-14-10)8-4-3-5-12-6-8/h3-7H,2H2,1H3,(H,13,14). The first-order valence-electron chi connectivity index (χ1n) is 4.93. The second-order valence-corrected chi connectivity index (χ2v) is 3.09. The van der Waals surface area contributed by atoms with Gasteiger partial charge >= 0.3 is 5.97 Å². The zero-order valence-electron chi connectivity index (χ0n) is 8.80. The minimum atomic E-state index is -0.404. The van der Waals surface area contributed by atoms with Crippen molar-refractivity contribution >= 4 is 5.97 Å². The van der Waals surface area contributed by atoms with E-state index in [2.05, 4.69) is 15.0 Å². The fourth-order valence-electron chi connectivity index (χ4n) is 1.37. The predicted molar refractivity (Wildman–Crippen MR) is 57.8 cm³/mol. The van der Waals surface area contributed by atoms with Crippen LogP contribution < -0.4 is 0 Å². The van der Waals surface area contributed by atoms with Gasteiger partial charge in [-0.25, -0.2) is 9.78 Å². The predicted octanol–water partition coefficient (Wildman–Crippen LogP) is 1.65. The van der Waals surface area contributed by atoms with E-state index in [1.165, 1.54) is 6.33 Å². The molecule has 0 fully saturated rings. The van der Waals surface area contributed by atoms with Crippen LogP contribution in [0.15, 0.2) is 30.9 Å². The highest BCUT2D eigenvalue weighted by atomic mass is 16.5. The molecule has 0 aliphatic heterocycles. The number of carbonyl (C=O) groups is 1. The molecule has 0 aromatic carbocycles. The molecule has 0 atom stereocenters. The number of nitrogens with zero attached hydrogens (tertiary/aromatic N) is 2. The van der Waals surface area contributed by atoms with Crippen molar-refractivity contribution in [3.63, 3.8) is 0 Å². The van der Waals surface area contributed by atoms with Crippen LogP contribution in [0.4, 0.5) is 0 Å². The van der Waals surface area contributed by atoms with Crippen LogP contribution >= 0.6 is 0 Å². The summed E-state index contributed by atoms with van der Waals surface area (Å²) in [6, 6.07) is 3.63. The first kappa shape index (κ1) is 10.4. The average Bonchev–Trinajstić information content (AvgIpc) is 2.79. The maximum atomic E-state index is 11.6. The highest BCUT2D eigenvalue weighted by Gasteiger charge is 2.16. The van der Waals surface area contributed by atoms with Gasteiger partial charge in [0.1, 0.15) is 5.69 Å². The van der Waals surface area contributed by atoms with Gasteiger partial charge in [0, 0.05) is 18.0 Å². The molecule has 82 valence electrons. The van der Waals surface area contributed by atoms with Crippen LogP contribution in [-0.4, -0.2) is 27.5 Å². The van der Waals surface area contributed by atoms with Crippen molar-refractivity contribution in [3.8, 4) is 11.3 Å². The average molecular weight is 217 g/mol. The zero-order chi connectivity index (χ0) is 11.4. The number of H-pyrrole nitrogens is 1. The largest absolute Gasteiger partial charge is 0.461 e. The summed E-state index contributed by atoms with van der Waals surface area (Å²) in [6.45, 7) is 2.10. The van der Waals surface area contributed by atoms with Crippen molar-refractivity contribution in [2.24, 2.45) is 0 Å². The molecule has 0 amide bonds. The Morgan fingerprint density at radius 2 is 2.44 bits per heavy atom. The summed E-state index contributed by atoms with van der Waals surface area (Å²) in [5.74, 6) is -0.404. The Morgan fingerprint density at radius 3 is 3.12 bits per heavy atom. The van der Waals surface area contributed by atoms with Crippen LogP contribution in [0.3, 0.4) is 0 Å². The van der Waals surface area contributed by atoms with Crippen LogP contribution in [-0.2, 0) is 4.74 Å². The third kappa shape index (κ3) is 1.93. The number of hydrogen-bond acceptors (Lipinski definition) is 4. The van der Waals surface area contributed by atoms with Crippen molar-refractivity contribution in [3.05, 3.63) is 36.5 Å². The van der Waals surface area contributed by atoms with Crippen LogP contribution in [0.5, 0.6) is 0 Å². The Balaban J connectivity index is 2.37. The monoisotopic (exact) mass is 217 g/mol. The highest BCUT2D eigenvalue weighted by Crippen LogP contribution is 2.19. The molecule has 0 spiro atoms. The van der Waals surface area contributed by atoms with Crippen LogP contribution in [0.25, 0.3) is 11.3 Å². The summed E-state index contributed by atoms with van der Waals surface area (Å²) in [4.78, 5) is 22.4. The Labute approximate surface area is 92.5 Å². The summed E-state index contributed by atoms with van der Waals surface area (Å²) in [5.41, 5.74) is 1.70. The van der Waals surface area contributed by atoms with E-state index in [0.717, 1.165) is 5.56 Å². The Morgan fingerprint density at radius 1 is 1.56 bits per heavy atom. The molecular weight excluding hydrogens is 206 g/mol. The number of imidazole rings is 1. The fraction of sp³-hybridized carbons (Fsp3) is 0.182. The molecular formula is C11H11N3O2. The minimum absolute atomic E-state index is 0.338. The Kier molecular flexibility index (Phi) is 2.95. The van der Waals surface area contributed by atoms with E-state index in [9.17, 15) is 4.79 Å². The summed E-state index contributed by atoms with van der Waals surface area (Å²) < 4.78 is 4.92. The SMILES string of the molecule is CCOC(=O)c1[nH]cnc1-c1cccnc1. The van der Waals surface area contributed by atoms with Gasteiger partial charge in [-0.2, -0.15) is 0 Å². The van der Waals surface area contributed by atoms with Gasteiger partial charge in [-0.05, 0) is 19.1 Å². The van der Waals surface area contributed by atoms with Crippen molar-refractivity contribution in [2.75, 3.05) is 6.61 Å². The third-order valence-electron chi connectivity index (χ3n) is 2.05. The minimum Gasteiger partial charge on any atom is -0.461 e. The lowest BCUT2D eigenvalue weighted by Gasteiger charge is -2.01. The van der Waals surface area contributed by atoms with E-state index >= 15 is 0 Å². The number of aromatic amines is 1. The summed E-state index contributed by atoms with van der Waals surface area (Å²) in [5, 5.41) is 0. The van der Waals surface area contributed by atoms with Crippen molar-refractivity contribution in [1.29, 1.82) is 0 Å². The lowest BCUT2D eigenvalue weighted by molar-refractivity contribution is 0.0521. The van der Waals surface area contributed by atoms with E-state index in [-0.39, 0.29) is 0 Å². The van der Waals surface area contributed by atoms with E-state index in [0.29, 0.717) is 18.0 Å². The normalized spacial score (nSPS) is 10.1. The molecule has 0 aliphatic rings. The van der Waals surface area contributed by atoms with E-state index in [1.807, 2.05) is 6.07 Å². The Bertz CT molecular complexity index is 479. The molecule has 5 nitrogen and oxygen atoms in total. The van der Waals surface area contributed by atoms with Gasteiger partial charge in [-0.1, -0.05) is 0 Å². The van der Waals surface area contributed by atoms with Gasteiger partial charge in [0.2, 0.25) is 0 Å². The number of ether oxygens (including phenoxy) is 1. The maximum absolute atomic E-state index is 11.6. The molecule has 0 aliphatic carbocycles. The third-order valence-corrected chi connectivity index (χ3v) is 2.05. The number of hydrogen-bond donors (Lipinski definition) is 1. The molecule has 2 rings (SSSR count). The summed E-state index contributed by atoms with van der Waals surface area (Å²) in [7, 11) is 0. The first-order chi connectivity index (χ1) is 7.83. The van der Waals surface area contributed by atoms with Gasteiger partial charge < -0.3 is 9.72 Å². The number of rotatable bonds is 3. The van der Waals surface area contributed by atoms with Crippen molar-refractivity contribution in [1.82, 2.24) is 15.0 Å². The van der Waals surface area contributed by atoms with Gasteiger partial charge in [-0.15, -0.1) is 0 Å². The second-order valence-electron chi connectivity index (χ2n) is 3.09. The molecule has 0 saturated carbocycles. The lowest BCUT2D eigenvalue weighted by atomic mass is 10.2. The van der Waals surface area contributed by atoms with E-state index in [1.54, 1.807) is 25.4 Å². The van der Waals surface area contributed by atoms with E-state index in [4.69, 9.17) is 4.74 Å². The molecule has 5 heteroatoms. The summed E-state index contributed by atoms with van der Waals surface area (Å²) in [6.07, 6.45) is 4.79. The molecule has 2 aromatic heterocycles. The number of nitrogens with one attached hydrogen (secondary N) is 1. The number of aromatic nitrogens is 3. The molecule has 0 unspecified atom stereocenters. The van der Waals surface area contributed by atoms with Gasteiger partial charge in [0.25, 0.3) is 0 Å². The molecule has 0 bridgehead atoms. The van der Waals surface area contributed by atoms with Crippen molar-refractivity contribution < 1.29 is 9.53 Å². The van der Waals surface area contributed by atoms with Gasteiger partial charge in [-0.3, -0.25) is 4.98 Å². The topological polar surface area (TPSA) is 67.9 Å². The number of pyridine rings is 1. The van der Waals surface area contributed by atoms with Crippen LogP contribution in [0, 0.1) is 0 Å².